The second-order valence-electron chi connectivity index (χ2n) is 6.12. The Kier molecular flexibility index (Phi) is 5.49. The first-order valence-electron chi connectivity index (χ1n) is 8.53. The minimum Gasteiger partial charge on any atom is -0.497 e. The molecule has 7 heteroatoms. The molecule has 0 aliphatic carbocycles. The van der Waals surface area contributed by atoms with Crippen LogP contribution in [0.2, 0.25) is 0 Å². The van der Waals surface area contributed by atoms with Crippen LogP contribution in [0.15, 0.2) is 42.5 Å². The number of anilines is 1. The van der Waals surface area contributed by atoms with E-state index in [1.807, 2.05) is 12.1 Å². The molecule has 0 saturated carbocycles. The van der Waals surface area contributed by atoms with Gasteiger partial charge in [-0.25, -0.2) is 0 Å². The second kappa shape index (κ2) is 7.99. The van der Waals surface area contributed by atoms with Gasteiger partial charge in [-0.05, 0) is 36.4 Å². The quantitative estimate of drug-likeness (QED) is 0.844. The molecular formula is C20H22N2O5. The maximum atomic E-state index is 12.7. The molecule has 0 radical (unpaired) electrons. The average Bonchev–Trinajstić information content (AvgIpc) is 3.07. The van der Waals surface area contributed by atoms with Gasteiger partial charge in [0.05, 0.1) is 32.9 Å². The fourth-order valence-electron chi connectivity index (χ4n) is 3.15. The van der Waals surface area contributed by atoms with Gasteiger partial charge in [-0.3, -0.25) is 9.59 Å². The van der Waals surface area contributed by atoms with Crippen molar-refractivity contribution in [1.82, 2.24) is 5.32 Å². The van der Waals surface area contributed by atoms with Gasteiger partial charge in [0.15, 0.2) is 11.5 Å². The first-order valence-corrected chi connectivity index (χ1v) is 8.53. The minimum atomic E-state index is -0.305. The number of carbonyl (C=O) groups excluding carboxylic acids is 2. The highest BCUT2D eigenvalue weighted by molar-refractivity contribution is 6.00. The lowest BCUT2D eigenvalue weighted by Crippen LogP contribution is -2.37. The number of methoxy groups -OCH3 is 3. The van der Waals surface area contributed by atoms with Crippen molar-refractivity contribution in [2.75, 3.05) is 32.8 Å². The van der Waals surface area contributed by atoms with Crippen molar-refractivity contribution < 1.29 is 23.8 Å². The number of hydrogen-bond donors (Lipinski definition) is 1. The molecule has 3 rings (SSSR count). The van der Waals surface area contributed by atoms with E-state index in [2.05, 4.69) is 5.32 Å². The highest BCUT2D eigenvalue weighted by Gasteiger charge is 2.32. The Labute approximate surface area is 157 Å². The van der Waals surface area contributed by atoms with Gasteiger partial charge in [0.1, 0.15) is 5.75 Å². The summed E-state index contributed by atoms with van der Waals surface area (Å²) in [5.41, 5.74) is 1.14. The van der Waals surface area contributed by atoms with E-state index in [9.17, 15) is 9.59 Å². The molecule has 27 heavy (non-hydrogen) atoms. The first kappa shape index (κ1) is 18.6. The van der Waals surface area contributed by atoms with E-state index >= 15 is 0 Å². The summed E-state index contributed by atoms with van der Waals surface area (Å²) < 4.78 is 15.7. The zero-order chi connectivity index (χ0) is 19.4. The molecule has 142 valence electrons. The Bertz CT molecular complexity index is 835. The maximum absolute atomic E-state index is 12.7. The Morgan fingerprint density at radius 3 is 2.41 bits per heavy atom. The fraction of sp³-hybridized carbons (Fsp3) is 0.300. The zero-order valence-corrected chi connectivity index (χ0v) is 15.5. The molecule has 0 aromatic heterocycles. The Hall–Kier alpha value is -3.22. The molecule has 2 aromatic rings. The van der Waals surface area contributed by atoms with E-state index in [0.29, 0.717) is 23.6 Å². The highest BCUT2D eigenvalue weighted by Crippen LogP contribution is 2.31. The molecule has 1 saturated heterocycles. The molecule has 1 heterocycles. The maximum Gasteiger partial charge on any atom is 0.255 e. The van der Waals surface area contributed by atoms with E-state index in [-0.39, 0.29) is 24.3 Å². The number of para-hydroxylation sites is 1. The molecule has 1 N–H and O–H groups in total. The van der Waals surface area contributed by atoms with Crippen molar-refractivity contribution in [2.24, 2.45) is 0 Å². The van der Waals surface area contributed by atoms with Gasteiger partial charge < -0.3 is 24.4 Å². The van der Waals surface area contributed by atoms with Gasteiger partial charge in [0.25, 0.3) is 5.91 Å². The SMILES string of the molecule is COc1ccc(N2C[C@@H](NC(=O)c3cccc(OC)c3OC)CC2=O)cc1. The highest BCUT2D eigenvalue weighted by atomic mass is 16.5. The predicted octanol–water partition coefficient (Wildman–Crippen LogP) is 2.25. The van der Waals surface area contributed by atoms with Crippen LogP contribution in [-0.2, 0) is 4.79 Å². The summed E-state index contributed by atoms with van der Waals surface area (Å²) in [5.74, 6) is 1.23. The molecule has 1 aliphatic heterocycles. The molecule has 0 unspecified atom stereocenters. The number of hydrogen-bond acceptors (Lipinski definition) is 5. The summed E-state index contributed by atoms with van der Waals surface area (Å²) in [5, 5.41) is 2.91. The van der Waals surface area contributed by atoms with Gasteiger partial charge >= 0.3 is 0 Å². The van der Waals surface area contributed by atoms with Crippen LogP contribution in [0.3, 0.4) is 0 Å². The second-order valence-corrected chi connectivity index (χ2v) is 6.12. The number of ether oxygens (including phenoxy) is 3. The van der Waals surface area contributed by atoms with Gasteiger partial charge in [0, 0.05) is 18.7 Å². The van der Waals surface area contributed by atoms with Crippen molar-refractivity contribution >= 4 is 17.5 Å². The van der Waals surface area contributed by atoms with Crippen LogP contribution in [0.5, 0.6) is 17.2 Å². The molecule has 1 atom stereocenters. The number of benzene rings is 2. The number of nitrogens with one attached hydrogen (secondary N) is 1. The summed E-state index contributed by atoms with van der Waals surface area (Å²) in [7, 11) is 4.59. The van der Waals surface area contributed by atoms with Crippen LogP contribution >= 0.6 is 0 Å². The lowest BCUT2D eigenvalue weighted by molar-refractivity contribution is -0.117. The topological polar surface area (TPSA) is 77.1 Å². The molecule has 1 fully saturated rings. The number of carbonyl (C=O) groups is 2. The molecule has 0 spiro atoms. The van der Waals surface area contributed by atoms with Gasteiger partial charge in [-0.2, -0.15) is 0 Å². The fourth-order valence-corrected chi connectivity index (χ4v) is 3.15. The first-order chi connectivity index (χ1) is 13.1. The number of rotatable bonds is 6. The third kappa shape index (κ3) is 3.81. The monoisotopic (exact) mass is 370 g/mol. The summed E-state index contributed by atoms with van der Waals surface area (Å²) in [6.45, 7) is 0.406. The lowest BCUT2D eigenvalue weighted by atomic mass is 10.1. The van der Waals surface area contributed by atoms with Crippen molar-refractivity contribution in [3.05, 3.63) is 48.0 Å². The van der Waals surface area contributed by atoms with Crippen LogP contribution < -0.4 is 24.4 Å². The van der Waals surface area contributed by atoms with Gasteiger partial charge in [0.2, 0.25) is 5.91 Å². The van der Waals surface area contributed by atoms with Crippen molar-refractivity contribution in [3.63, 3.8) is 0 Å². The van der Waals surface area contributed by atoms with E-state index < -0.39 is 0 Å². The van der Waals surface area contributed by atoms with E-state index in [1.165, 1.54) is 14.2 Å². The van der Waals surface area contributed by atoms with Crippen LogP contribution in [-0.4, -0.2) is 45.7 Å². The van der Waals surface area contributed by atoms with Crippen molar-refractivity contribution in [3.8, 4) is 17.2 Å². The standard InChI is InChI=1S/C20H22N2O5/c1-25-15-9-7-14(8-10-15)22-12-13(11-18(22)23)21-20(24)16-5-4-6-17(26-2)19(16)27-3/h4-10,13H,11-12H2,1-3H3,(H,21,24)/t13-/m0/s1. The smallest absolute Gasteiger partial charge is 0.255 e. The van der Waals surface area contributed by atoms with Crippen LogP contribution in [0.25, 0.3) is 0 Å². The molecule has 1 aliphatic rings. The zero-order valence-electron chi connectivity index (χ0n) is 15.5. The molecule has 2 aromatic carbocycles. The lowest BCUT2D eigenvalue weighted by Gasteiger charge is -2.18. The van der Waals surface area contributed by atoms with Crippen LogP contribution in [0, 0.1) is 0 Å². The predicted molar refractivity (Wildman–Crippen MR) is 101 cm³/mol. The Morgan fingerprint density at radius 2 is 1.78 bits per heavy atom. The summed E-state index contributed by atoms with van der Waals surface area (Å²) in [4.78, 5) is 26.7. The summed E-state index contributed by atoms with van der Waals surface area (Å²) in [6.07, 6.45) is 0.240. The van der Waals surface area contributed by atoms with Crippen molar-refractivity contribution in [1.29, 1.82) is 0 Å². The number of nitrogens with zero attached hydrogens (tertiary/aromatic N) is 1. The number of amides is 2. The van der Waals surface area contributed by atoms with Crippen LogP contribution in [0.4, 0.5) is 5.69 Å². The third-order valence-electron chi connectivity index (χ3n) is 4.49. The Morgan fingerprint density at radius 1 is 1.04 bits per heavy atom. The van der Waals surface area contributed by atoms with Crippen LogP contribution in [0.1, 0.15) is 16.8 Å². The molecular weight excluding hydrogens is 348 g/mol. The largest absolute Gasteiger partial charge is 0.497 e. The third-order valence-corrected chi connectivity index (χ3v) is 4.49. The average molecular weight is 370 g/mol. The van der Waals surface area contributed by atoms with Crippen molar-refractivity contribution in [2.45, 2.75) is 12.5 Å². The summed E-state index contributed by atoms with van der Waals surface area (Å²) >= 11 is 0. The Balaban J connectivity index is 1.72. The molecule has 2 amide bonds. The van der Waals surface area contributed by atoms with E-state index in [4.69, 9.17) is 14.2 Å². The summed E-state index contributed by atoms with van der Waals surface area (Å²) in [6, 6.07) is 12.1. The van der Waals surface area contributed by atoms with E-state index in [0.717, 1.165) is 11.4 Å². The van der Waals surface area contributed by atoms with Gasteiger partial charge in [-0.1, -0.05) is 6.07 Å². The molecule has 7 nitrogen and oxygen atoms in total. The molecule has 0 bridgehead atoms. The van der Waals surface area contributed by atoms with E-state index in [1.54, 1.807) is 42.3 Å². The van der Waals surface area contributed by atoms with Gasteiger partial charge in [-0.15, -0.1) is 0 Å². The minimum absolute atomic E-state index is 0.0388. The normalized spacial score (nSPS) is 16.2.